The van der Waals surface area contributed by atoms with Gasteiger partial charge in [-0.25, -0.2) is 4.57 Å². The summed E-state index contributed by atoms with van der Waals surface area (Å²) in [5, 5.41) is 0. The Labute approximate surface area is 512 Å². The molecule has 0 fully saturated rings. The lowest BCUT2D eigenvalue weighted by Crippen LogP contribution is -2.29. The van der Waals surface area contributed by atoms with Crippen LogP contribution in [0.3, 0.4) is 0 Å². The highest BCUT2D eigenvalue weighted by Crippen LogP contribution is 2.43. The molecule has 0 bridgehead atoms. The first-order valence-electron chi connectivity index (χ1n) is 34.7. The van der Waals surface area contributed by atoms with Crippen LogP contribution in [0.15, 0.2) is 97.2 Å². The molecule has 0 aliphatic rings. The van der Waals surface area contributed by atoms with E-state index in [2.05, 4.69) is 111 Å². The Bertz CT molecular complexity index is 1680. The number of hydrogen-bond acceptors (Lipinski definition) is 8. The average Bonchev–Trinajstić information content (AvgIpc) is 3.48. The zero-order valence-corrected chi connectivity index (χ0v) is 54.8. The van der Waals surface area contributed by atoms with Crippen molar-refractivity contribution in [3.05, 3.63) is 97.2 Å². The highest BCUT2D eigenvalue weighted by molar-refractivity contribution is 7.47. The number of unbranched alkanes of at least 4 members (excludes halogenated alkanes) is 36. The molecule has 0 heterocycles. The number of esters is 2. The quantitative estimate of drug-likeness (QED) is 0.0264. The van der Waals surface area contributed by atoms with Crippen LogP contribution in [0, 0.1) is 0 Å². The van der Waals surface area contributed by atoms with Crippen LogP contribution in [-0.4, -0.2) is 49.3 Å². The molecular formula is C73H130NO8P. The van der Waals surface area contributed by atoms with Gasteiger partial charge in [-0.1, -0.05) is 310 Å². The molecule has 10 heteroatoms. The van der Waals surface area contributed by atoms with E-state index in [0.29, 0.717) is 6.42 Å². The van der Waals surface area contributed by atoms with Crippen molar-refractivity contribution in [2.75, 3.05) is 26.4 Å². The third-order valence-corrected chi connectivity index (χ3v) is 15.9. The van der Waals surface area contributed by atoms with E-state index < -0.39 is 26.5 Å². The summed E-state index contributed by atoms with van der Waals surface area (Å²) in [5.41, 5.74) is 5.40. The first-order chi connectivity index (χ1) is 40.8. The summed E-state index contributed by atoms with van der Waals surface area (Å²) in [5.74, 6) is -0.818. The number of rotatable bonds is 65. The van der Waals surface area contributed by atoms with Crippen molar-refractivity contribution >= 4 is 19.8 Å². The number of carbonyl (C=O) groups is 2. The van der Waals surface area contributed by atoms with Gasteiger partial charge in [-0.05, 0) is 96.3 Å². The van der Waals surface area contributed by atoms with E-state index in [-0.39, 0.29) is 38.6 Å². The van der Waals surface area contributed by atoms with Crippen LogP contribution in [0.1, 0.15) is 322 Å². The number of carbonyl (C=O) groups excluding carboxylic acids is 2. The Morgan fingerprint density at radius 1 is 0.373 bits per heavy atom. The van der Waals surface area contributed by atoms with Crippen LogP contribution >= 0.6 is 7.82 Å². The molecule has 0 saturated heterocycles. The van der Waals surface area contributed by atoms with Gasteiger partial charge in [0.05, 0.1) is 13.2 Å². The van der Waals surface area contributed by atoms with Crippen LogP contribution in [0.2, 0.25) is 0 Å². The topological polar surface area (TPSA) is 134 Å². The first-order valence-corrected chi connectivity index (χ1v) is 36.2. The lowest BCUT2D eigenvalue weighted by molar-refractivity contribution is -0.161. The van der Waals surface area contributed by atoms with Crippen molar-refractivity contribution in [2.24, 2.45) is 5.73 Å². The first kappa shape index (κ1) is 79.9. The van der Waals surface area contributed by atoms with Gasteiger partial charge in [0.25, 0.3) is 0 Å². The Balaban J connectivity index is 3.87. The van der Waals surface area contributed by atoms with E-state index in [1.54, 1.807) is 0 Å². The summed E-state index contributed by atoms with van der Waals surface area (Å²) in [4.78, 5) is 35.4. The lowest BCUT2D eigenvalue weighted by Gasteiger charge is -2.19. The summed E-state index contributed by atoms with van der Waals surface area (Å²) in [6.07, 6.45) is 92.1. The predicted molar refractivity (Wildman–Crippen MR) is 358 cm³/mol. The van der Waals surface area contributed by atoms with Gasteiger partial charge in [0.2, 0.25) is 0 Å². The highest BCUT2D eigenvalue weighted by Gasteiger charge is 2.26. The molecule has 480 valence electrons. The van der Waals surface area contributed by atoms with Crippen molar-refractivity contribution in [1.29, 1.82) is 0 Å². The van der Waals surface area contributed by atoms with Gasteiger partial charge < -0.3 is 20.1 Å². The summed E-state index contributed by atoms with van der Waals surface area (Å²) >= 11 is 0. The molecule has 2 atom stereocenters. The van der Waals surface area contributed by atoms with E-state index in [0.717, 1.165) is 83.5 Å². The minimum absolute atomic E-state index is 0.0517. The van der Waals surface area contributed by atoms with E-state index in [1.807, 2.05) is 0 Å². The molecule has 0 amide bonds. The van der Waals surface area contributed by atoms with E-state index in [9.17, 15) is 19.0 Å². The summed E-state index contributed by atoms with van der Waals surface area (Å²) in [6, 6.07) is 0. The summed E-state index contributed by atoms with van der Waals surface area (Å²) in [7, 11) is -4.40. The fraction of sp³-hybridized carbons (Fsp3) is 0.753. The SMILES string of the molecule is CC/C=C\C/C=C\C/C=C\C/C=C\C/C=C\C/C=C\CCCCCCCCCCCCCCCCCCC(=O)OC(COC(=O)CCCCCCCCCCCCCCCCC/C=C\C/C=C\CCCCCCC)COP(=O)(O)OCCN. The number of hydrogen-bond donors (Lipinski definition) is 2. The van der Waals surface area contributed by atoms with Crippen LogP contribution in [0.5, 0.6) is 0 Å². The fourth-order valence-corrected chi connectivity index (χ4v) is 10.6. The largest absolute Gasteiger partial charge is 0.472 e. The molecular weight excluding hydrogens is 1050 g/mol. The Kier molecular flexibility index (Phi) is 65.5. The maximum absolute atomic E-state index is 12.8. The molecule has 0 aliphatic heterocycles. The molecule has 2 unspecified atom stereocenters. The zero-order valence-electron chi connectivity index (χ0n) is 53.9. The number of phosphoric acid groups is 1. The lowest BCUT2D eigenvalue weighted by atomic mass is 10.0. The van der Waals surface area contributed by atoms with Crippen LogP contribution in [0.4, 0.5) is 0 Å². The van der Waals surface area contributed by atoms with Gasteiger partial charge in [0.15, 0.2) is 6.10 Å². The van der Waals surface area contributed by atoms with Crippen molar-refractivity contribution in [2.45, 2.75) is 328 Å². The van der Waals surface area contributed by atoms with Crippen molar-refractivity contribution in [1.82, 2.24) is 0 Å². The standard InChI is InChI=1S/C73H130NO8P/c1-3-5-7-9-11-13-15-17-19-21-23-25-27-29-31-32-33-34-35-36-37-38-40-42-44-46-48-50-52-54-56-58-60-62-64-66-73(76)82-71(70-81-83(77,78)80-68-67-74)69-79-72(75)65-63-61-59-57-55-53-51-49-47-45-43-41-39-30-28-26-24-22-20-18-16-14-12-10-8-6-4-2/h5,7,11,13,16-19,22-25,29,31,33-34,71H,3-4,6,8-10,12,14-15,20-21,26-28,30,32,35-70,74H2,1-2H3,(H,77,78)/b7-5-,13-11-,18-16-,19-17-,24-22-,25-23-,31-29-,34-33-. The van der Waals surface area contributed by atoms with Gasteiger partial charge >= 0.3 is 19.8 Å². The summed E-state index contributed by atoms with van der Waals surface area (Å²) in [6.45, 7) is 3.66. The van der Waals surface area contributed by atoms with Crippen LogP contribution < -0.4 is 5.73 Å². The molecule has 0 aromatic rings. The van der Waals surface area contributed by atoms with Crippen LogP contribution in [0.25, 0.3) is 0 Å². The molecule has 0 rings (SSSR count). The predicted octanol–water partition coefficient (Wildman–Crippen LogP) is 22.7. The molecule has 83 heavy (non-hydrogen) atoms. The second kappa shape index (κ2) is 68.0. The maximum Gasteiger partial charge on any atom is 0.472 e. The minimum atomic E-state index is -4.40. The van der Waals surface area contributed by atoms with Crippen molar-refractivity contribution in [3.63, 3.8) is 0 Å². The number of nitrogens with two attached hydrogens (primary N) is 1. The number of phosphoric ester groups is 1. The molecule has 9 nitrogen and oxygen atoms in total. The molecule has 0 aliphatic carbocycles. The van der Waals surface area contributed by atoms with Gasteiger partial charge in [-0.3, -0.25) is 18.6 Å². The van der Waals surface area contributed by atoms with E-state index in [1.165, 1.54) is 205 Å². The highest BCUT2D eigenvalue weighted by atomic mass is 31.2. The van der Waals surface area contributed by atoms with Gasteiger partial charge in [-0.2, -0.15) is 0 Å². The second-order valence-corrected chi connectivity index (χ2v) is 24.5. The minimum Gasteiger partial charge on any atom is -0.462 e. The zero-order chi connectivity index (χ0) is 60.1. The summed E-state index contributed by atoms with van der Waals surface area (Å²) < 4.78 is 33.2. The van der Waals surface area contributed by atoms with Crippen LogP contribution in [-0.2, 0) is 32.7 Å². The van der Waals surface area contributed by atoms with Crippen molar-refractivity contribution in [3.8, 4) is 0 Å². The average molecular weight is 1180 g/mol. The maximum atomic E-state index is 12.8. The number of allylic oxidation sites excluding steroid dienone is 16. The third kappa shape index (κ3) is 67.9. The van der Waals surface area contributed by atoms with E-state index >= 15 is 0 Å². The van der Waals surface area contributed by atoms with Gasteiger partial charge in [0, 0.05) is 19.4 Å². The monoisotopic (exact) mass is 1180 g/mol. The smallest absolute Gasteiger partial charge is 0.462 e. The number of ether oxygens (including phenoxy) is 2. The Morgan fingerprint density at radius 2 is 0.663 bits per heavy atom. The fourth-order valence-electron chi connectivity index (χ4n) is 9.85. The van der Waals surface area contributed by atoms with Gasteiger partial charge in [0.1, 0.15) is 6.61 Å². The Hall–Kier alpha value is -3.07. The molecule has 0 aromatic heterocycles. The Morgan fingerprint density at radius 3 is 0.988 bits per heavy atom. The molecule has 3 N–H and O–H groups in total. The molecule has 0 saturated carbocycles. The van der Waals surface area contributed by atoms with Gasteiger partial charge in [-0.15, -0.1) is 0 Å². The molecule has 0 radical (unpaired) electrons. The third-order valence-electron chi connectivity index (χ3n) is 15.0. The molecule has 0 aromatic carbocycles. The molecule has 0 spiro atoms. The van der Waals surface area contributed by atoms with Crippen molar-refractivity contribution < 1.29 is 37.6 Å². The second-order valence-electron chi connectivity index (χ2n) is 23.0. The van der Waals surface area contributed by atoms with E-state index in [4.69, 9.17) is 24.3 Å². The normalized spacial score (nSPS) is 13.5.